The highest BCUT2D eigenvalue weighted by atomic mass is 19.1. The van der Waals surface area contributed by atoms with E-state index in [1.165, 1.54) is 12.1 Å². The maximum atomic E-state index is 13.6. The van der Waals surface area contributed by atoms with Gasteiger partial charge in [-0.3, -0.25) is 4.79 Å². The van der Waals surface area contributed by atoms with Crippen molar-refractivity contribution >= 4 is 11.8 Å². The van der Waals surface area contributed by atoms with Crippen LogP contribution < -0.4 is 14.8 Å². The fraction of sp³-hybridized carbons (Fsp3) is 0.333. The molecule has 0 spiro atoms. The molecular formula is C27H26FNO5. The number of carbonyl (C=O) groups excluding carboxylic acids is 2. The van der Waals surface area contributed by atoms with Crippen LogP contribution in [0.1, 0.15) is 56.6 Å². The summed E-state index contributed by atoms with van der Waals surface area (Å²) in [7, 11) is 0. The molecule has 0 saturated heterocycles. The number of fused-ring (bicyclic) bond motifs is 1. The Hall–Kier alpha value is -3.61. The highest BCUT2D eigenvalue weighted by Crippen LogP contribution is 2.47. The summed E-state index contributed by atoms with van der Waals surface area (Å²) in [5, 5.41) is 3.32. The van der Waals surface area contributed by atoms with Crippen molar-refractivity contribution in [1.29, 1.82) is 0 Å². The van der Waals surface area contributed by atoms with Crippen LogP contribution in [0.25, 0.3) is 0 Å². The number of Topliss-reactive ketones (excluding diaryl/α,β-unsaturated/α-hetero) is 1. The van der Waals surface area contributed by atoms with E-state index in [-0.39, 0.29) is 36.8 Å². The van der Waals surface area contributed by atoms with Crippen LogP contribution in [0, 0.1) is 5.82 Å². The van der Waals surface area contributed by atoms with Crippen molar-refractivity contribution in [2.24, 2.45) is 0 Å². The van der Waals surface area contributed by atoms with Crippen LogP contribution in [0.3, 0.4) is 0 Å². The average molecular weight is 464 g/mol. The predicted molar refractivity (Wildman–Crippen MR) is 123 cm³/mol. The molecule has 0 aromatic heterocycles. The molecule has 1 N–H and O–H groups in total. The zero-order valence-corrected chi connectivity index (χ0v) is 19.3. The lowest BCUT2D eigenvalue weighted by Gasteiger charge is -2.37. The van der Waals surface area contributed by atoms with Gasteiger partial charge in [-0.1, -0.05) is 18.2 Å². The molecule has 0 fully saturated rings. The van der Waals surface area contributed by atoms with E-state index in [4.69, 9.17) is 14.2 Å². The molecule has 176 valence electrons. The Morgan fingerprint density at radius 1 is 1.06 bits per heavy atom. The quantitative estimate of drug-likeness (QED) is 0.653. The summed E-state index contributed by atoms with van der Waals surface area (Å²) >= 11 is 0. The number of rotatable bonds is 4. The molecule has 0 unspecified atom stereocenters. The molecule has 7 heteroatoms. The smallest absolute Gasteiger partial charge is 0.337 e. The standard InChI is InChI=1S/C27H26FNO5/c1-14(2)34-27(31)24-15(3)29-20-10-18(16-4-7-19(28)8-5-16)11-21(30)26(20)25(24)17-6-9-22-23(12-17)33-13-32-22/h4-9,12,14,18,25,29H,10-11,13H2,1-3H3/t18-,25+/m1/s1. The lowest BCUT2D eigenvalue weighted by atomic mass is 9.71. The van der Waals surface area contributed by atoms with Gasteiger partial charge in [0.2, 0.25) is 6.79 Å². The molecule has 0 amide bonds. The van der Waals surface area contributed by atoms with Gasteiger partial charge in [-0.2, -0.15) is 0 Å². The zero-order valence-electron chi connectivity index (χ0n) is 19.3. The van der Waals surface area contributed by atoms with Gasteiger partial charge in [0.1, 0.15) is 5.82 Å². The van der Waals surface area contributed by atoms with Gasteiger partial charge in [0.05, 0.1) is 11.7 Å². The number of allylic oxidation sites excluding steroid dienone is 3. The number of halogens is 1. The van der Waals surface area contributed by atoms with E-state index in [1.807, 2.05) is 19.1 Å². The summed E-state index contributed by atoms with van der Waals surface area (Å²) in [6.07, 6.45) is 0.557. The normalized spacial score (nSPS) is 21.5. The van der Waals surface area contributed by atoms with Crippen LogP contribution in [0.4, 0.5) is 4.39 Å². The number of carbonyl (C=O) groups is 2. The van der Waals surface area contributed by atoms with Gasteiger partial charge in [-0.15, -0.1) is 0 Å². The Balaban J connectivity index is 1.59. The number of nitrogens with one attached hydrogen (secondary N) is 1. The fourth-order valence-electron chi connectivity index (χ4n) is 4.98. The topological polar surface area (TPSA) is 73.9 Å². The molecule has 2 aliphatic heterocycles. The minimum atomic E-state index is -0.585. The Morgan fingerprint density at radius 2 is 1.76 bits per heavy atom. The highest BCUT2D eigenvalue weighted by Gasteiger charge is 2.42. The zero-order chi connectivity index (χ0) is 24.0. The van der Waals surface area contributed by atoms with Gasteiger partial charge in [0.15, 0.2) is 17.3 Å². The first-order valence-electron chi connectivity index (χ1n) is 11.4. The molecule has 0 radical (unpaired) electrons. The maximum Gasteiger partial charge on any atom is 0.337 e. The van der Waals surface area contributed by atoms with E-state index < -0.39 is 11.9 Å². The maximum absolute atomic E-state index is 13.6. The van der Waals surface area contributed by atoms with Crippen LogP contribution >= 0.6 is 0 Å². The molecule has 34 heavy (non-hydrogen) atoms. The summed E-state index contributed by atoms with van der Waals surface area (Å²) in [5.74, 6) is -0.259. The van der Waals surface area contributed by atoms with Gasteiger partial charge in [0.25, 0.3) is 0 Å². The molecular weight excluding hydrogens is 437 g/mol. The van der Waals surface area contributed by atoms with Crippen LogP contribution in [0.2, 0.25) is 0 Å². The Morgan fingerprint density at radius 3 is 2.50 bits per heavy atom. The average Bonchev–Trinajstić information content (AvgIpc) is 3.25. The number of dihydropyridines is 1. The number of benzene rings is 2. The van der Waals surface area contributed by atoms with Gasteiger partial charge in [-0.25, -0.2) is 9.18 Å². The largest absolute Gasteiger partial charge is 0.460 e. The summed E-state index contributed by atoms with van der Waals surface area (Å²) in [5.41, 5.74) is 4.10. The first-order chi connectivity index (χ1) is 16.3. The third-order valence-electron chi connectivity index (χ3n) is 6.46. The van der Waals surface area contributed by atoms with Crippen molar-refractivity contribution in [2.45, 2.75) is 51.6 Å². The molecule has 0 saturated carbocycles. The first kappa shape index (κ1) is 22.2. The van der Waals surface area contributed by atoms with Gasteiger partial charge >= 0.3 is 5.97 Å². The van der Waals surface area contributed by atoms with E-state index >= 15 is 0 Å². The van der Waals surface area contributed by atoms with E-state index in [9.17, 15) is 14.0 Å². The van der Waals surface area contributed by atoms with E-state index in [0.29, 0.717) is 34.8 Å². The molecule has 6 nitrogen and oxygen atoms in total. The summed E-state index contributed by atoms with van der Waals surface area (Å²) in [4.78, 5) is 26.8. The second-order valence-corrected chi connectivity index (χ2v) is 9.14. The van der Waals surface area contributed by atoms with Crippen LogP contribution in [0.15, 0.2) is 65.0 Å². The third-order valence-corrected chi connectivity index (χ3v) is 6.46. The van der Waals surface area contributed by atoms with Gasteiger partial charge < -0.3 is 19.5 Å². The number of hydrogen-bond acceptors (Lipinski definition) is 6. The third kappa shape index (κ3) is 3.95. The minimum absolute atomic E-state index is 0.0481. The van der Waals surface area contributed by atoms with Crippen molar-refractivity contribution < 1.29 is 28.2 Å². The molecule has 2 atom stereocenters. The lowest BCUT2D eigenvalue weighted by Crippen LogP contribution is -2.36. The molecule has 1 aliphatic carbocycles. The number of hydrogen-bond donors (Lipinski definition) is 1. The van der Waals surface area contributed by atoms with Crippen molar-refractivity contribution in [3.05, 3.63) is 81.9 Å². The van der Waals surface area contributed by atoms with Gasteiger partial charge in [-0.05, 0) is 68.5 Å². The SMILES string of the molecule is CC1=C(C(=O)OC(C)C)[C@H](c2ccc3c(c2)OCO3)C2=C(C[C@@H](c3ccc(F)cc3)CC2=O)N1. The van der Waals surface area contributed by atoms with E-state index in [1.54, 1.807) is 32.0 Å². The van der Waals surface area contributed by atoms with E-state index in [0.717, 1.165) is 16.8 Å². The molecule has 5 rings (SSSR count). The predicted octanol–water partition coefficient (Wildman–Crippen LogP) is 4.87. The van der Waals surface area contributed by atoms with Crippen molar-refractivity contribution in [2.75, 3.05) is 6.79 Å². The van der Waals surface area contributed by atoms with Gasteiger partial charge in [0, 0.05) is 29.3 Å². The first-order valence-corrected chi connectivity index (χ1v) is 11.4. The summed E-state index contributed by atoms with van der Waals surface area (Å²) in [6, 6.07) is 11.8. The van der Waals surface area contributed by atoms with Crippen molar-refractivity contribution in [1.82, 2.24) is 5.32 Å². The van der Waals surface area contributed by atoms with Crippen molar-refractivity contribution in [3.63, 3.8) is 0 Å². The second-order valence-electron chi connectivity index (χ2n) is 9.14. The molecule has 2 aromatic carbocycles. The summed E-state index contributed by atoms with van der Waals surface area (Å²) in [6.45, 7) is 5.55. The molecule has 2 aromatic rings. The number of ether oxygens (including phenoxy) is 3. The minimum Gasteiger partial charge on any atom is -0.460 e. The Bertz CT molecular complexity index is 1230. The highest BCUT2D eigenvalue weighted by molar-refractivity contribution is 6.04. The van der Waals surface area contributed by atoms with Crippen LogP contribution in [-0.2, 0) is 14.3 Å². The Kier molecular flexibility index (Phi) is 5.63. The molecule has 2 heterocycles. The van der Waals surface area contributed by atoms with Crippen molar-refractivity contribution in [3.8, 4) is 11.5 Å². The van der Waals surface area contributed by atoms with Crippen LogP contribution in [-0.4, -0.2) is 24.6 Å². The fourth-order valence-corrected chi connectivity index (χ4v) is 4.98. The van der Waals surface area contributed by atoms with Crippen LogP contribution in [0.5, 0.6) is 11.5 Å². The Labute approximate surface area is 197 Å². The lowest BCUT2D eigenvalue weighted by molar-refractivity contribution is -0.143. The number of esters is 1. The van der Waals surface area contributed by atoms with E-state index in [2.05, 4.69) is 5.32 Å². The second kappa shape index (κ2) is 8.63. The number of ketones is 1. The molecule has 0 bridgehead atoms. The summed E-state index contributed by atoms with van der Waals surface area (Å²) < 4.78 is 30.0. The molecule has 3 aliphatic rings. The monoisotopic (exact) mass is 463 g/mol.